The molecule has 9 heteroatoms. The van der Waals surface area contributed by atoms with Crippen LogP contribution < -0.4 is 10.1 Å². The minimum Gasteiger partial charge on any atom is -0.495 e. The number of halogens is 1. The number of rotatable bonds is 3. The molecule has 0 saturated carbocycles. The van der Waals surface area contributed by atoms with Gasteiger partial charge in [-0.05, 0) is 30.3 Å². The Morgan fingerprint density at radius 2 is 1.81 bits per heavy atom. The number of furan rings is 1. The predicted molar refractivity (Wildman–Crippen MR) is 97.8 cm³/mol. The summed E-state index contributed by atoms with van der Waals surface area (Å²) in [5.74, 6) is -0.930. The lowest BCUT2D eigenvalue weighted by atomic mass is 10.2. The second-order valence-electron chi connectivity index (χ2n) is 5.87. The third kappa shape index (κ3) is 4.22. The topological polar surface area (TPSA) is 92.1 Å². The molecular formula is C18H18ClN3O5. The quantitative estimate of drug-likeness (QED) is 0.806. The van der Waals surface area contributed by atoms with Crippen molar-refractivity contribution in [1.29, 1.82) is 0 Å². The van der Waals surface area contributed by atoms with Crippen molar-refractivity contribution < 1.29 is 23.5 Å². The summed E-state index contributed by atoms with van der Waals surface area (Å²) in [7, 11) is 1.49. The van der Waals surface area contributed by atoms with Crippen molar-refractivity contribution in [3.05, 3.63) is 47.4 Å². The lowest BCUT2D eigenvalue weighted by Gasteiger charge is -2.33. The van der Waals surface area contributed by atoms with E-state index < -0.39 is 11.8 Å². The van der Waals surface area contributed by atoms with Gasteiger partial charge in [0.15, 0.2) is 5.76 Å². The Labute approximate surface area is 160 Å². The maximum atomic E-state index is 12.3. The molecule has 1 aromatic carbocycles. The Morgan fingerprint density at radius 3 is 2.41 bits per heavy atom. The Hall–Kier alpha value is -3.00. The molecule has 1 fully saturated rings. The van der Waals surface area contributed by atoms with Crippen LogP contribution in [0.15, 0.2) is 41.0 Å². The molecule has 8 nitrogen and oxygen atoms in total. The highest BCUT2D eigenvalue weighted by Crippen LogP contribution is 2.27. The molecule has 3 rings (SSSR count). The van der Waals surface area contributed by atoms with Crippen molar-refractivity contribution in [2.24, 2.45) is 0 Å². The Bertz CT molecular complexity index is 845. The summed E-state index contributed by atoms with van der Waals surface area (Å²) in [4.78, 5) is 39.8. The lowest BCUT2D eigenvalue weighted by Crippen LogP contribution is -2.52. The number of methoxy groups -OCH3 is 1. The van der Waals surface area contributed by atoms with Crippen LogP contribution in [-0.4, -0.2) is 60.8 Å². The van der Waals surface area contributed by atoms with Crippen LogP contribution >= 0.6 is 11.6 Å². The Kier molecular flexibility index (Phi) is 5.66. The van der Waals surface area contributed by atoms with Crippen LogP contribution in [0, 0.1) is 0 Å². The Morgan fingerprint density at radius 1 is 1.11 bits per heavy atom. The maximum Gasteiger partial charge on any atom is 0.313 e. The molecule has 0 aliphatic carbocycles. The smallest absolute Gasteiger partial charge is 0.313 e. The van der Waals surface area contributed by atoms with Gasteiger partial charge < -0.3 is 24.3 Å². The second kappa shape index (κ2) is 8.13. The van der Waals surface area contributed by atoms with E-state index in [4.69, 9.17) is 20.8 Å². The normalized spacial score (nSPS) is 14.0. The molecule has 1 saturated heterocycles. The van der Waals surface area contributed by atoms with Gasteiger partial charge in [0.2, 0.25) is 0 Å². The molecule has 1 aromatic heterocycles. The van der Waals surface area contributed by atoms with E-state index in [1.165, 1.54) is 24.3 Å². The molecule has 0 bridgehead atoms. The second-order valence-corrected chi connectivity index (χ2v) is 6.27. The first-order valence-corrected chi connectivity index (χ1v) is 8.64. The first kappa shape index (κ1) is 18.8. The summed E-state index contributed by atoms with van der Waals surface area (Å²) in [5.41, 5.74) is 0.394. The van der Waals surface area contributed by atoms with Crippen LogP contribution in [0.2, 0.25) is 5.02 Å². The molecule has 0 atom stereocenters. The number of ether oxygens (including phenoxy) is 1. The molecule has 2 aromatic rings. The minimum atomic E-state index is -0.762. The summed E-state index contributed by atoms with van der Waals surface area (Å²) in [5, 5.41) is 2.85. The molecule has 3 amide bonds. The van der Waals surface area contributed by atoms with Crippen molar-refractivity contribution in [3.63, 3.8) is 0 Å². The van der Waals surface area contributed by atoms with Gasteiger partial charge in [-0.25, -0.2) is 0 Å². The molecule has 1 aliphatic rings. The number of hydrogen-bond donors (Lipinski definition) is 1. The standard InChI is InChI=1S/C18H18ClN3O5/c1-26-14-5-4-12(11-13(14)19)20-16(23)18(25)22-8-6-21(7-9-22)17(24)15-3-2-10-27-15/h2-5,10-11H,6-9H2,1H3,(H,20,23). The first-order valence-electron chi connectivity index (χ1n) is 8.26. The minimum absolute atomic E-state index is 0.232. The van der Waals surface area contributed by atoms with Gasteiger partial charge in [0, 0.05) is 31.9 Å². The molecule has 1 N–H and O–H groups in total. The van der Waals surface area contributed by atoms with E-state index in [0.29, 0.717) is 29.5 Å². The lowest BCUT2D eigenvalue weighted by molar-refractivity contribution is -0.144. The number of benzene rings is 1. The predicted octanol–water partition coefficient (Wildman–Crippen LogP) is 1.86. The fraction of sp³-hybridized carbons (Fsp3) is 0.278. The van der Waals surface area contributed by atoms with Crippen molar-refractivity contribution in [1.82, 2.24) is 9.80 Å². The highest BCUT2D eigenvalue weighted by molar-refractivity contribution is 6.39. The molecule has 27 heavy (non-hydrogen) atoms. The van der Waals surface area contributed by atoms with E-state index >= 15 is 0 Å². The fourth-order valence-corrected chi connectivity index (χ4v) is 3.00. The monoisotopic (exact) mass is 391 g/mol. The van der Waals surface area contributed by atoms with Crippen LogP contribution in [0.25, 0.3) is 0 Å². The SMILES string of the molecule is COc1ccc(NC(=O)C(=O)N2CCN(C(=O)c3ccco3)CC2)cc1Cl. The van der Waals surface area contributed by atoms with Crippen molar-refractivity contribution >= 4 is 35.0 Å². The van der Waals surface area contributed by atoms with Crippen molar-refractivity contribution in [2.45, 2.75) is 0 Å². The average molecular weight is 392 g/mol. The van der Waals surface area contributed by atoms with Gasteiger partial charge in [-0.1, -0.05) is 11.6 Å². The number of nitrogens with one attached hydrogen (secondary N) is 1. The van der Waals surface area contributed by atoms with E-state index in [1.54, 1.807) is 29.2 Å². The zero-order valence-corrected chi connectivity index (χ0v) is 15.4. The largest absolute Gasteiger partial charge is 0.495 e. The number of anilines is 1. The molecule has 0 radical (unpaired) electrons. The molecule has 142 valence electrons. The zero-order chi connectivity index (χ0) is 19.4. The van der Waals surface area contributed by atoms with Crippen molar-refractivity contribution in [2.75, 3.05) is 38.6 Å². The van der Waals surface area contributed by atoms with E-state index in [-0.39, 0.29) is 24.8 Å². The summed E-state index contributed by atoms with van der Waals surface area (Å²) in [6, 6.07) is 7.93. The van der Waals surface area contributed by atoms with Crippen LogP contribution in [-0.2, 0) is 9.59 Å². The van der Waals surface area contributed by atoms with Gasteiger partial charge in [-0.15, -0.1) is 0 Å². The fourth-order valence-electron chi connectivity index (χ4n) is 2.74. The molecule has 0 unspecified atom stereocenters. The maximum absolute atomic E-state index is 12.3. The van der Waals surface area contributed by atoms with E-state index in [1.807, 2.05) is 0 Å². The van der Waals surface area contributed by atoms with Gasteiger partial charge in [0.05, 0.1) is 18.4 Å². The van der Waals surface area contributed by atoms with Crippen LogP contribution in [0.4, 0.5) is 5.69 Å². The number of carbonyl (C=O) groups excluding carboxylic acids is 3. The molecule has 0 spiro atoms. The van der Waals surface area contributed by atoms with E-state index in [2.05, 4.69) is 5.32 Å². The number of nitrogens with zero attached hydrogens (tertiary/aromatic N) is 2. The molecule has 1 aliphatic heterocycles. The van der Waals surface area contributed by atoms with Crippen LogP contribution in [0.5, 0.6) is 5.75 Å². The number of hydrogen-bond acceptors (Lipinski definition) is 5. The van der Waals surface area contributed by atoms with Crippen molar-refractivity contribution in [3.8, 4) is 5.75 Å². The molecule has 2 heterocycles. The van der Waals surface area contributed by atoms with Crippen LogP contribution in [0.3, 0.4) is 0 Å². The summed E-state index contributed by atoms with van der Waals surface area (Å²) >= 11 is 6.01. The van der Waals surface area contributed by atoms with Gasteiger partial charge in [0.1, 0.15) is 5.75 Å². The highest BCUT2D eigenvalue weighted by Gasteiger charge is 2.29. The summed E-state index contributed by atoms with van der Waals surface area (Å²) in [6.07, 6.45) is 1.43. The summed E-state index contributed by atoms with van der Waals surface area (Å²) < 4.78 is 10.1. The number of carbonyl (C=O) groups is 3. The van der Waals surface area contributed by atoms with Gasteiger partial charge in [-0.3, -0.25) is 14.4 Å². The van der Waals surface area contributed by atoms with Gasteiger partial charge in [-0.2, -0.15) is 0 Å². The Balaban J connectivity index is 1.55. The number of piperazine rings is 1. The zero-order valence-electron chi connectivity index (χ0n) is 14.6. The first-order chi connectivity index (χ1) is 13.0. The third-order valence-corrected chi connectivity index (χ3v) is 4.49. The average Bonchev–Trinajstić information content (AvgIpc) is 3.22. The van der Waals surface area contributed by atoms with Gasteiger partial charge >= 0.3 is 11.8 Å². The molecular weight excluding hydrogens is 374 g/mol. The third-order valence-electron chi connectivity index (χ3n) is 4.19. The highest BCUT2D eigenvalue weighted by atomic mass is 35.5. The number of amides is 3. The van der Waals surface area contributed by atoms with E-state index in [0.717, 1.165) is 0 Å². The van der Waals surface area contributed by atoms with Gasteiger partial charge in [0.25, 0.3) is 5.91 Å². The summed E-state index contributed by atoms with van der Waals surface area (Å²) in [6.45, 7) is 1.18. The van der Waals surface area contributed by atoms with Crippen LogP contribution in [0.1, 0.15) is 10.6 Å². The van der Waals surface area contributed by atoms with E-state index in [9.17, 15) is 14.4 Å².